The van der Waals surface area contributed by atoms with Gasteiger partial charge in [-0.1, -0.05) is 0 Å². The van der Waals surface area contributed by atoms with Gasteiger partial charge in [0.25, 0.3) is 5.69 Å². The van der Waals surface area contributed by atoms with Crippen LogP contribution >= 0.6 is 11.3 Å². The Hall–Kier alpha value is -1.81. The average molecular weight is 396 g/mol. The molecule has 1 aliphatic heterocycles. The van der Waals surface area contributed by atoms with Gasteiger partial charge in [0, 0.05) is 42.2 Å². The summed E-state index contributed by atoms with van der Waals surface area (Å²) < 4.78 is 27.3. The van der Waals surface area contributed by atoms with Crippen molar-refractivity contribution in [2.75, 3.05) is 13.1 Å². The van der Waals surface area contributed by atoms with Crippen molar-refractivity contribution in [1.82, 2.24) is 9.62 Å². The largest absolute Gasteiger partial charge is 0.291 e. The zero-order valence-electron chi connectivity index (χ0n) is 14.6. The zero-order valence-corrected chi connectivity index (χ0v) is 16.2. The summed E-state index contributed by atoms with van der Waals surface area (Å²) >= 11 is 1.74. The summed E-state index contributed by atoms with van der Waals surface area (Å²) in [6.07, 6.45) is 0.971. The lowest BCUT2D eigenvalue weighted by Gasteiger charge is -2.38. The molecule has 1 aromatic heterocycles. The fourth-order valence-corrected chi connectivity index (χ4v) is 5.44. The second kappa shape index (κ2) is 7.43. The molecule has 26 heavy (non-hydrogen) atoms. The topological polar surface area (TPSA) is 92.6 Å². The molecule has 0 aliphatic carbocycles. The first kappa shape index (κ1) is 19.0. The second-order valence-corrected chi connectivity index (χ2v) is 9.14. The number of nitro groups is 1. The highest BCUT2D eigenvalue weighted by atomic mass is 32.2. The number of rotatable bonds is 6. The van der Waals surface area contributed by atoms with Crippen molar-refractivity contribution in [2.45, 2.75) is 37.2 Å². The van der Waals surface area contributed by atoms with Gasteiger partial charge >= 0.3 is 0 Å². The summed E-state index contributed by atoms with van der Waals surface area (Å²) in [6, 6.07) is 7.67. The van der Waals surface area contributed by atoms with Crippen LogP contribution in [0.2, 0.25) is 0 Å². The Morgan fingerprint density at radius 1 is 1.27 bits per heavy atom. The average Bonchev–Trinajstić information content (AvgIpc) is 3.06. The van der Waals surface area contributed by atoms with Gasteiger partial charge in [0.15, 0.2) is 0 Å². The Kier molecular flexibility index (Phi) is 5.42. The van der Waals surface area contributed by atoms with Crippen molar-refractivity contribution in [1.29, 1.82) is 0 Å². The molecule has 0 bridgehead atoms. The third-order valence-corrected chi connectivity index (χ3v) is 7.37. The molecular weight excluding hydrogens is 374 g/mol. The standard InChI is InChI=1S/C17H21N3O4S2/c1-12-11-14-7-10-25-17(14)13(2)19(12)9-8-18-26(23,24)16-5-3-15(4-6-16)20(21)22/h3-7,10,12-13,18H,8-9,11H2,1-2H3. The number of benzene rings is 1. The molecule has 0 amide bonds. The molecular formula is C17H21N3O4S2. The predicted octanol–water partition coefficient (Wildman–Crippen LogP) is 2.94. The fraction of sp³-hybridized carbons (Fsp3) is 0.412. The molecule has 1 aliphatic rings. The van der Waals surface area contributed by atoms with E-state index >= 15 is 0 Å². The number of nitrogens with one attached hydrogen (secondary N) is 1. The van der Waals surface area contributed by atoms with Gasteiger partial charge in [-0.15, -0.1) is 11.3 Å². The third-order valence-electron chi connectivity index (χ3n) is 4.76. The van der Waals surface area contributed by atoms with Crippen molar-refractivity contribution in [3.05, 3.63) is 56.3 Å². The summed E-state index contributed by atoms with van der Waals surface area (Å²) in [4.78, 5) is 13.8. The van der Waals surface area contributed by atoms with Crippen LogP contribution in [0.4, 0.5) is 5.69 Å². The molecule has 7 nitrogen and oxygen atoms in total. The van der Waals surface area contributed by atoms with Crippen molar-refractivity contribution in [3.63, 3.8) is 0 Å². The van der Waals surface area contributed by atoms with Gasteiger partial charge in [-0.2, -0.15) is 0 Å². The highest BCUT2D eigenvalue weighted by molar-refractivity contribution is 7.89. The Labute approximate surface area is 156 Å². The van der Waals surface area contributed by atoms with Crippen LogP contribution in [0.5, 0.6) is 0 Å². The van der Waals surface area contributed by atoms with E-state index in [9.17, 15) is 18.5 Å². The first-order valence-corrected chi connectivity index (χ1v) is 10.7. The van der Waals surface area contributed by atoms with E-state index < -0.39 is 14.9 Å². The van der Waals surface area contributed by atoms with Crippen LogP contribution in [0.25, 0.3) is 0 Å². The van der Waals surface area contributed by atoms with E-state index in [2.05, 4.69) is 34.9 Å². The number of fused-ring (bicyclic) bond motifs is 1. The van der Waals surface area contributed by atoms with Crippen LogP contribution in [0.1, 0.15) is 30.3 Å². The van der Waals surface area contributed by atoms with Gasteiger partial charge in [-0.25, -0.2) is 13.1 Å². The van der Waals surface area contributed by atoms with E-state index in [1.807, 2.05) is 0 Å². The minimum absolute atomic E-state index is 0.0309. The maximum Gasteiger partial charge on any atom is 0.269 e. The summed E-state index contributed by atoms with van der Waals surface area (Å²) in [5.74, 6) is 0. The minimum Gasteiger partial charge on any atom is -0.291 e. The maximum absolute atomic E-state index is 12.4. The molecule has 2 atom stereocenters. The molecule has 0 fully saturated rings. The molecule has 0 saturated carbocycles. The molecule has 2 heterocycles. The zero-order chi connectivity index (χ0) is 18.9. The van der Waals surface area contributed by atoms with Gasteiger partial charge in [-0.05, 0) is 49.4 Å². The first-order chi connectivity index (χ1) is 12.3. The normalized spacial score (nSPS) is 20.7. The lowest BCUT2D eigenvalue weighted by molar-refractivity contribution is -0.384. The number of nitrogens with zero attached hydrogens (tertiary/aromatic N) is 2. The van der Waals surface area contributed by atoms with Crippen LogP contribution in [-0.2, 0) is 16.4 Å². The molecule has 1 aromatic carbocycles. The number of hydrogen-bond donors (Lipinski definition) is 1. The van der Waals surface area contributed by atoms with Crippen LogP contribution in [0, 0.1) is 10.1 Å². The Morgan fingerprint density at radius 2 is 1.96 bits per heavy atom. The summed E-state index contributed by atoms with van der Waals surface area (Å²) in [6.45, 7) is 5.19. The molecule has 2 aromatic rings. The van der Waals surface area contributed by atoms with Crippen molar-refractivity contribution < 1.29 is 13.3 Å². The molecule has 3 rings (SSSR count). The smallest absolute Gasteiger partial charge is 0.269 e. The van der Waals surface area contributed by atoms with E-state index in [-0.39, 0.29) is 23.2 Å². The SMILES string of the molecule is CC1Cc2ccsc2C(C)N1CCNS(=O)(=O)c1ccc([N+](=O)[O-])cc1. The van der Waals surface area contributed by atoms with Crippen LogP contribution in [0.3, 0.4) is 0 Å². The Bertz CT molecular complexity index is 893. The summed E-state index contributed by atoms with van der Waals surface area (Å²) in [7, 11) is -3.68. The number of non-ortho nitro benzene ring substituents is 1. The predicted molar refractivity (Wildman–Crippen MR) is 101 cm³/mol. The van der Waals surface area contributed by atoms with E-state index in [0.29, 0.717) is 12.6 Å². The van der Waals surface area contributed by atoms with Crippen molar-refractivity contribution in [3.8, 4) is 0 Å². The highest BCUT2D eigenvalue weighted by Gasteiger charge is 2.30. The fourth-order valence-electron chi connectivity index (χ4n) is 3.40. The molecule has 140 valence electrons. The number of hydrogen-bond acceptors (Lipinski definition) is 6. The van der Waals surface area contributed by atoms with E-state index in [0.717, 1.165) is 6.42 Å². The number of thiophene rings is 1. The lowest BCUT2D eigenvalue weighted by Crippen LogP contribution is -2.44. The van der Waals surface area contributed by atoms with Crippen molar-refractivity contribution in [2.24, 2.45) is 0 Å². The van der Waals surface area contributed by atoms with E-state index in [1.165, 1.54) is 34.7 Å². The van der Waals surface area contributed by atoms with Gasteiger partial charge in [0.2, 0.25) is 10.0 Å². The van der Waals surface area contributed by atoms with Gasteiger partial charge in [0.1, 0.15) is 0 Å². The maximum atomic E-state index is 12.4. The van der Waals surface area contributed by atoms with Crippen molar-refractivity contribution >= 4 is 27.0 Å². The minimum atomic E-state index is -3.68. The van der Waals surface area contributed by atoms with Crippen LogP contribution < -0.4 is 4.72 Å². The summed E-state index contributed by atoms with van der Waals surface area (Å²) in [5, 5.41) is 12.8. The Morgan fingerprint density at radius 3 is 2.62 bits per heavy atom. The number of nitro benzene ring substituents is 1. The highest BCUT2D eigenvalue weighted by Crippen LogP contribution is 2.35. The van der Waals surface area contributed by atoms with E-state index in [1.54, 1.807) is 11.3 Å². The quantitative estimate of drug-likeness (QED) is 0.600. The Balaban J connectivity index is 1.62. The lowest BCUT2D eigenvalue weighted by atomic mass is 9.97. The molecule has 1 N–H and O–H groups in total. The summed E-state index contributed by atoms with van der Waals surface area (Å²) in [5.41, 5.74) is 1.25. The molecule has 2 unspecified atom stereocenters. The second-order valence-electron chi connectivity index (χ2n) is 6.43. The van der Waals surface area contributed by atoms with Crippen LogP contribution in [0.15, 0.2) is 40.6 Å². The number of sulfonamides is 1. The van der Waals surface area contributed by atoms with Crippen LogP contribution in [-0.4, -0.2) is 37.4 Å². The third kappa shape index (κ3) is 3.80. The molecule has 0 radical (unpaired) electrons. The molecule has 0 saturated heterocycles. The van der Waals surface area contributed by atoms with Gasteiger partial charge in [0.05, 0.1) is 9.82 Å². The van der Waals surface area contributed by atoms with E-state index in [4.69, 9.17) is 0 Å². The molecule has 9 heteroatoms. The van der Waals surface area contributed by atoms with Gasteiger partial charge < -0.3 is 0 Å². The first-order valence-electron chi connectivity index (χ1n) is 8.35. The van der Waals surface area contributed by atoms with Gasteiger partial charge in [-0.3, -0.25) is 15.0 Å². The molecule has 0 spiro atoms. The monoisotopic (exact) mass is 395 g/mol.